The van der Waals surface area contributed by atoms with Crippen LogP contribution in [0.3, 0.4) is 0 Å². The highest BCUT2D eigenvalue weighted by atomic mass is 16.4. The summed E-state index contributed by atoms with van der Waals surface area (Å²) < 4.78 is 1.80. The molecule has 21 heavy (non-hydrogen) atoms. The van der Waals surface area contributed by atoms with Gasteiger partial charge in [0.2, 0.25) is 0 Å². The van der Waals surface area contributed by atoms with Crippen molar-refractivity contribution in [2.24, 2.45) is 5.92 Å². The van der Waals surface area contributed by atoms with Crippen molar-refractivity contribution in [3.8, 4) is 0 Å². The average molecular weight is 286 g/mol. The van der Waals surface area contributed by atoms with Gasteiger partial charge in [-0.25, -0.2) is 9.78 Å². The lowest BCUT2D eigenvalue weighted by Crippen LogP contribution is -2.15. The number of benzene rings is 1. The molecule has 2 aromatic rings. The fourth-order valence-electron chi connectivity index (χ4n) is 2.04. The van der Waals surface area contributed by atoms with Crippen molar-refractivity contribution < 1.29 is 14.7 Å². The molecule has 0 radical (unpaired) electrons. The standard InChI is InChI=1S/C16H18N2O3/c1-3-11(2)15(19)14-8-17-10-18(14)9-12-4-6-13(7-5-12)16(20)21/h4-8,10-11H,3,9H2,1-2H3,(H,20,21). The van der Waals surface area contributed by atoms with Crippen molar-refractivity contribution in [2.45, 2.75) is 26.8 Å². The first-order valence-electron chi connectivity index (χ1n) is 6.89. The summed E-state index contributed by atoms with van der Waals surface area (Å²) in [5.74, 6) is -0.899. The van der Waals surface area contributed by atoms with Crippen LogP contribution >= 0.6 is 0 Å². The molecule has 5 nitrogen and oxygen atoms in total. The highest BCUT2D eigenvalue weighted by Gasteiger charge is 2.17. The van der Waals surface area contributed by atoms with E-state index in [1.54, 1.807) is 41.4 Å². The molecule has 1 atom stereocenters. The van der Waals surface area contributed by atoms with Crippen LogP contribution in [0, 0.1) is 5.92 Å². The lowest BCUT2D eigenvalue weighted by molar-refractivity contribution is 0.0696. The van der Waals surface area contributed by atoms with Gasteiger partial charge >= 0.3 is 5.97 Å². The van der Waals surface area contributed by atoms with Crippen LogP contribution < -0.4 is 0 Å². The number of carbonyl (C=O) groups excluding carboxylic acids is 1. The van der Waals surface area contributed by atoms with Gasteiger partial charge in [0.25, 0.3) is 0 Å². The minimum Gasteiger partial charge on any atom is -0.478 e. The third kappa shape index (κ3) is 3.37. The van der Waals surface area contributed by atoms with E-state index in [2.05, 4.69) is 4.98 Å². The van der Waals surface area contributed by atoms with Gasteiger partial charge in [-0.05, 0) is 24.1 Å². The molecule has 0 spiro atoms. The molecule has 0 bridgehead atoms. The Labute approximate surface area is 123 Å². The molecule has 0 saturated heterocycles. The first kappa shape index (κ1) is 15.0. The fourth-order valence-corrected chi connectivity index (χ4v) is 2.04. The number of carbonyl (C=O) groups is 2. The summed E-state index contributed by atoms with van der Waals surface area (Å²) >= 11 is 0. The zero-order valence-electron chi connectivity index (χ0n) is 12.1. The monoisotopic (exact) mass is 286 g/mol. The van der Waals surface area contributed by atoms with E-state index in [0.29, 0.717) is 12.2 Å². The number of hydrogen-bond donors (Lipinski definition) is 1. The van der Waals surface area contributed by atoms with E-state index < -0.39 is 5.97 Å². The molecule has 1 heterocycles. The molecule has 2 rings (SSSR count). The number of ketones is 1. The highest BCUT2D eigenvalue weighted by molar-refractivity contribution is 5.96. The molecule has 0 aliphatic heterocycles. The number of nitrogens with zero attached hydrogens (tertiary/aromatic N) is 2. The Kier molecular flexibility index (Phi) is 4.52. The van der Waals surface area contributed by atoms with Gasteiger partial charge in [-0.15, -0.1) is 0 Å². The number of carboxylic acids is 1. The van der Waals surface area contributed by atoms with E-state index in [1.165, 1.54) is 0 Å². The SMILES string of the molecule is CCC(C)C(=O)c1cncn1Cc1ccc(C(=O)O)cc1. The van der Waals surface area contributed by atoms with Crippen LogP contribution in [0.25, 0.3) is 0 Å². The van der Waals surface area contributed by atoms with Crippen LogP contribution in [0.2, 0.25) is 0 Å². The Morgan fingerprint density at radius 1 is 1.29 bits per heavy atom. The molecule has 110 valence electrons. The quantitative estimate of drug-likeness (QED) is 0.829. The molecule has 0 fully saturated rings. The minimum absolute atomic E-state index is 0.0326. The largest absolute Gasteiger partial charge is 0.478 e. The van der Waals surface area contributed by atoms with Crippen molar-refractivity contribution in [2.75, 3.05) is 0 Å². The van der Waals surface area contributed by atoms with Crippen molar-refractivity contribution in [3.63, 3.8) is 0 Å². The zero-order valence-corrected chi connectivity index (χ0v) is 12.1. The smallest absolute Gasteiger partial charge is 0.335 e. The number of Topliss-reactive ketones (excluding diaryl/α,β-unsaturated/α-hetero) is 1. The predicted molar refractivity (Wildman–Crippen MR) is 78.5 cm³/mol. The summed E-state index contributed by atoms with van der Waals surface area (Å²) in [7, 11) is 0. The van der Waals surface area contributed by atoms with Crippen molar-refractivity contribution in [1.29, 1.82) is 0 Å². The van der Waals surface area contributed by atoms with E-state index in [1.807, 2.05) is 13.8 Å². The van der Waals surface area contributed by atoms with Gasteiger partial charge in [0.05, 0.1) is 18.1 Å². The van der Waals surface area contributed by atoms with E-state index in [4.69, 9.17) is 5.11 Å². The number of hydrogen-bond acceptors (Lipinski definition) is 3. The summed E-state index contributed by atoms with van der Waals surface area (Å²) in [5.41, 5.74) is 1.77. The first-order chi connectivity index (χ1) is 10.0. The third-order valence-electron chi connectivity index (χ3n) is 3.58. The van der Waals surface area contributed by atoms with Gasteiger partial charge in [-0.1, -0.05) is 26.0 Å². The van der Waals surface area contributed by atoms with Crippen LogP contribution in [0.5, 0.6) is 0 Å². The Bertz CT molecular complexity index is 644. The first-order valence-corrected chi connectivity index (χ1v) is 6.89. The molecule has 1 unspecified atom stereocenters. The third-order valence-corrected chi connectivity index (χ3v) is 3.58. The topological polar surface area (TPSA) is 72.2 Å². The molecule has 1 N–H and O–H groups in total. The molecule has 0 aliphatic carbocycles. The van der Waals surface area contributed by atoms with Gasteiger partial charge in [0.1, 0.15) is 5.69 Å². The maximum Gasteiger partial charge on any atom is 0.335 e. The summed E-state index contributed by atoms with van der Waals surface area (Å²) in [6.07, 6.45) is 4.00. The molecule has 0 amide bonds. The second-order valence-corrected chi connectivity index (χ2v) is 5.08. The lowest BCUT2D eigenvalue weighted by Gasteiger charge is -2.11. The van der Waals surface area contributed by atoms with E-state index in [0.717, 1.165) is 12.0 Å². The minimum atomic E-state index is -0.947. The summed E-state index contributed by atoms with van der Waals surface area (Å²) in [4.78, 5) is 27.1. The fraction of sp³-hybridized carbons (Fsp3) is 0.312. The number of aromatic carboxylic acids is 1. The maximum absolute atomic E-state index is 12.3. The molecule has 0 saturated carbocycles. The normalized spacial score (nSPS) is 12.1. The predicted octanol–water partition coefficient (Wildman–Crippen LogP) is 2.86. The summed E-state index contributed by atoms with van der Waals surface area (Å²) in [5, 5.41) is 8.88. The van der Waals surface area contributed by atoms with Gasteiger partial charge in [-0.3, -0.25) is 4.79 Å². The lowest BCUT2D eigenvalue weighted by atomic mass is 10.0. The van der Waals surface area contributed by atoms with E-state index in [-0.39, 0.29) is 17.3 Å². The molecular weight excluding hydrogens is 268 g/mol. The van der Waals surface area contributed by atoms with Crippen LogP contribution in [-0.4, -0.2) is 26.4 Å². The Hall–Kier alpha value is -2.43. The van der Waals surface area contributed by atoms with Crippen LogP contribution in [0.4, 0.5) is 0 Å². The molecule has 1 aromatic heterocycles. The molecule has 0 aliphatic rings. The van der Waals surface area contributed by atoms with Gasteiger partial charge < -0.3 is 9.67 Å². The Balaban J connectivity index is 2.19. The highest BCUT2D eigenvalue weighted by Crippen LogP contribution is 2.14. The number of rotatable bonds is 6. The van der Waals surface area contributed by atoms with Crippen molar-refractivity contribution in [3.05, 3.63) is 53.6 Å². The molecule has 1 aromatic carbocycles. The molecule has 5 heteroatoms. The number of imidazole rings is 1. The van der Waals surface area contributed by atoms with Crippen molar-refractivity contribution in [1.82, 2.24) is 9.55 Å². The van der Waals surface area contributed by atoms with Crippen LogP contribution in [0.15, 0.2) is 36.8 Å². The summed E-state index contributed by atoms with van der Waals surface area (Å²) in [6.45, 7) is 4.38. The van der Waals surface area contributed by atoms with Gasteiger partial charge in [0.15, 0.2) is 5.78 Å². The van der Waals surface area contributed by atoms with E-state index >= 15 is 0 Å². The second kappa shape index (κ2) is 6.35. The Morgan fingerprint density at radius 2 is 1.95 bits per heavy atom. The zero-order chi connectivity index (χ0) is 15.4. The second-order valence-electron chi connectivity index (χ2n) is 5.08. The average Bonchev–Trinajstić information content (AvgIpc) is 2.94. The maximum atomic E-state index is 12.3. The van der Waals surface area contributed by atoms with Crippen molar-refractivity contribution >= 4 is 11.8 Å². The number of carboxylic acid groups (broad SMARTS) is 1. The number of aromatic nitrogens is 2. The van der Waals surface area contributed by atoms with Gasteiger partial charge in [-0.2, -0.15) is 0 Å². The van der Waals surface area contributed by atoms with Crippen LogP contribution in [-0.2, 0) is 6.54 Å². The van der Waals surface area contributed by atoms with Crippen LogP contribution in [0.1, 0.15) is 46.7 Å². The van der Waals surface area contributed by atoms with E-state index in [9.17, 15) is 9.59 Å². The van der Waals surface area contributed by atoms with Gasteiger partial charge in [0, 0.05) is 12.5 Å². The Morgan fingerprint density at radius 3 is 2.52 bits per heavy atom. The molecular formula is C16H18N2O3. The summed E-state index contributed by atoms with van der Waals surface area (Å²) in [6, 6.07) is 6.62.